The highest BCUT2D eigenvalue weighted by Gasteiger charge is 2.06. The lowest BCUT2D eigenvalue weighted by Gasteiger charge is -1.97. The molecule has 0 fully saturated rings. The first-order valence-electron chi connectivity index (χ1n) is 5.73. The van der Waals surface area contributed by atoms with Crippen LogP contribution >= 0.6 is 0 Å². The highest BCUT2D eigenvalue weighted by atomic mass is 16.3. The number of amides is 1. The fourth-order valence-electron chi connectivity index (χ4n) is 1.41. The number of nitrogens with one attached hydrogen (secondary N) is 2. The van der Waals surface area contributed by atoms with E-state index in [9.17, 15) is 4.79 Å². The van der Waals surface area contributed by atoms with Gasteiger partial charge in [-0.1, -0.05) is 13.8 Å². The van der Waals surface area contributed by atoms with Crippen molar-refractivity contribution >= 4 is 17.8 Å². The van der Waals surface area contributed by atoms with E-state index in [1.807, 2.05) is 6.07 Å². The van der Waals surface area contributed by atoms with E-state index in [4.69, 9.17) is 4.42 Å². The topological polar surface area (TPSA) is 70.9 Å². The molecule has 2 N–H and O–H groups in total. The van der Waals surface area contributed by atoms with Crippen molar-refractivity contribution in [3.05, 3.63) is 42.0 Å². The molecule has 0 aliphatic rings. The summed E-state index contributed by atoms with van der Waals surface area (Å²) in [6.07, 6.45) is 4.56. The lowest BCUT2D eigenvalue weighted by atomic mass is 10.1. The molecular weight excluding hydrogens is 230 g/mol. The largest absolute Gasteiger partial charge is 0.465 e. The minimum Gasteiger partial charge on any atom is -0.465 e. The van der Waals surface area contributed by atoms with Gasteiger partial charge in [0, 0.05) is 17.8 Å². The number of aromatic nitrogens is 2. The van der Waals surface area contributed by atoms with Crippen LogP contribution in [-0.4, -0.2) is 16.1 Å². The zero-order valence-electron chi connectivity index (χ0n) is 10.3. The van der Waals surface area contributed by atoms with E-state index >= 15 is 0 Å². The predicted octanol–water partition coefficient (Wildman–Crippen LogP) is 2.78. The number of nitrogens with zero attached hydrogens (tertiary/aromatic N) is 1. The van der Waals surface area contributed by atoms with Gasteiger partial charge in [-0.2, -0.15) is 5.10 Å². The molecule has 0 saturated carbocycles. The molecule has 2 aromatic rings. The maximum Gasteiger partial charge on any atom is 0.249 e. The molecule has 0 spiro atoms. The molecule has 2 aromatic heterocycles. The first-order chi connectivity index (χ1) is 8.65. The highest BCUT2D eigenvalue weighted by molar-refractivity contribution is 6.01. The van der Waals surface area contributed by atoms with Crippen LogP contribution in [-0.2, 0) is 4.79 Å². The van der Waals surface area contributed by atoms with E-state index in [0.29, 0.717) is 17.5 Å². The monoisotopic (exact) mass is 245 g/mol. The minimum absolute atomic E-state index is 0.242. The van der Waals surface area contributed by atoms with Gasteiger partial charge < -0.3 is 9.73 Å². The van der Waals surface area contributed by atoms with E-state index in [1.165, 1.54) is 6.08 Å². The predicted molar refractivity (Wildman–Crippen MR) is 69.0 cm³/mol. The quantitative estimate of drug-likeness (QED) is 0.813. The van der Waals surface area contributed by atoms with Gasteiger partial charge in [0.1, 0.15) is 5.76 Å². The van der Waals surface area contributed by atoms with Gasteiger partial charge in [0.25, 0.3) is 0 Å². The van der Waals surface area contributed by atoms with Gasteiger partial charge in [-0.3, -0.25) is 9.89 Å². The van der Waals surface area contributed by atoms with E-state index in [2.05, 4.69) is 29.4 Å². The van der Waals surface area contributed by atoms with Crippen LogP contribution in [0.2, 0.25) is 0 Å². The van der Waals surface area contributed by atoms with Crippen LogP contribution in [0.1, 0.15) is 31.2 Å². The molecule has 1 amide bonds. The number of rotatable bonds is 4. The number of furan rings is 1. The van der Waals surface area contributed by atoms with Crippen molar-refractivity contribution in [3.63, 3.8) is 0 Å². The first-order valence-corrected chi connectivity index (χ1v) is 5.73. The molecule has 94 valence electrons. The number of hydrogen-bond donors (Lipinski definition) is 2. The third-order valence-corrected chi connectivity index (χ3v) is 2.41. The van der Waals surface area contributed by atoms with Crippen molar-refractivity contribution in [2.75, 3.05) is 5.32 Å². The molecule has 0 aliphatic heterocycles. The molecule has 0 unspecified atom stereocenters. The zero-order chi connectivity index (χ0) is 13.0. The van der Waals surface area contributed by atoms with Gasteiger partial charge in [-0.25, -0.2) is 0 Å². The van der Waals surface area contributed by atoms with Crippen LogP contribution in [0.15, 0.2) is 35.0 Å². The molecule has 0 bridgehead atoms. The normalized spacial score (nSPS) is 11.3. The molecule has 5 heteroatoms. The number of anilines is 1. The smallest absolute Gasteiger partial charge is 0.249 e. The van der Waals surface area contributed by atoms with Crippen molar-refractivity contribution in [2.24, 2.45) is 0 Å². The van der Waals surface area contributed by atoms with Crippen LogP contribution in [0.3, 0.4) is 0 Å². The number of aromatic amines is 1. The molecule has 0 saturated heterocycles. The Morgan fingerprint density at radius 2 is 2.39 bits per heavy atom. The molecule has 18 heavy (non-hydrogen) atoms. The summed E-state index contributed by atoms with van der Waals surface area (Å²) in [7, 11) is 0. The third kappa shape index (κ3) is 3.10. The summed E-state index contributed by atoms with van der Waals surface area (Å²) < 4.78 is 5.08. The van der Waals surface area contributed by atoms with Crippen molar-refractivity contribution in [1.82, 2.24) is 10.2 Å². The van der Waals surface area contributed by atoms with Crippen molar-refractivity contribution < 1.29 is 9.21 Å². The Kier molecular flexibility index (Phi) is 3.62. The molecule has 2 rings (SSSR count). The fourth-order valence-corrected chi connectivity index (χ4v) is 1.41. The molecular formula is C13H15N3O2. The van der Waals surface area contributed by atoms with E-state index in [0.717, 1.165) is 5.69 Å². The Balaban J connectivity index is 1.94. The second-order valence-electron chi connectivity index (χ2n) is 4.20. The number of H-pyrrole nitrogens is 1. The standard InChI is InChI=1S/C13H15N3O2/c1-9(2)11-8-12(16-15-11)14-13(17)6-5-10-4-3-7-18-10/h3-9H,1-2H3,(H2,14,15,16,17)/b6-5+. The summed E-state index contributed by atoms with van der Waals surface area (Å²) in [5.41, 5.74) is 0.986. The van der Waals surface area contributed by atoms with E-state index in [-0.39, 0.29) is 5.91 Å². The summed E-state index contributed by atoms with van der Waals surface area (Å²) in [5.74, 6) is 1.26. The lowest BCUT2D eigenvalue weighted by Crippen LogP contribution is -2.07. The van der Waals surface area contributed by atoms with Gasteiger partial charge in [-0.15, -0.1) is 0 Å². The fraction of sp³-hybridized carbons (Fsp3) is 0.231. The minimum atomic E-state index is -0.242. The zero-order valence-corrected chi connectivity index (χ0v) is 10.3. The molecule has 5 nitrogen and oxygen atoms in total. The van der Waals surface area contributed by atoms with Crippen LogP contribution < -0.4 is 5.32 Å². The first kappa shape index (κ1) is 12.2. The van der Waals surface area contributed by atoms with E-state index < -0.39 is 0 Å². The third-order valence-electron chi connectivity index (χ3n) is 2.41. The second-order valence-corrected chi connectivity index (χ2v) is 4.20. The average molecular weight is 245 g/mol. The Bertz CT molecular complexity index is 538. The number of carbonyl (C=O) groups is 1. The molecule has 0 radical (unpaired) electrons. The van der Waals surface area contributed by atoms with Gasteiger partial charge in [0.15, 0.2) is 5.82 Å². The Hall–Kier alpha value is -2.30. The van der Waals surface area contributed by atoms with Gasteiger partial charge in [-0.05, 0) is 24.1 Å². The van der Waals surface area contributed by atoms with Crippen LogP contribution in [0.25, 0.3) is 6.08 Å². The Morgan fingerprint density at radius 1 is 1.56 bits per heavy atom. The average Bonchev–Trinajstić information content (AvgIpc) is 2.96. The van der Waals surface area contributed by atoms with Crippen molar-refractivity contribution in [3.8, 4) is 0 Å². The summed E-state index contributed by atoms with van der Waals surface area (Å²) >= 11 is 0. The van der Waals surface area contributed by atoms with Crippen molar-refractivity contribution in [1.29, 1.82) is 0 Å². The molecule has 0 atom stereocenters. The molecule has 0 aromatic carbocycles. The summed E-state index contributed by atoms with van der Waals surface area (Å²) in [5, 5.41) is 9.55. The van der Waals surface area contributed by atoms with E-state index in [1.54, 1.807) is 24.5 Å². The van der Waals surface area contributed by atoms with Crippen LogP contribution in [0.4, 0.5) is 5.82 Å². The number of hydrogen-bond acceptors (Lipinski definition) is 3. The Labute approximate surface area is 105 Å². The molecule has 2 heterocycles. The molecule has 0 aliphatic carbocycles. The van der Waals surface area contributed by atoms with Gasteiger partial charge >= 0.3 is 0 Å². The summed E-state index contributed by atoms with van der Waals surface area (Å²) in [6, 6.07) is 5.36. The van der Waals surface area contributed by atoms with Crippen LogP contribution in [0.5, 0.6) is 0 Å². The summed E-state index contributed by atoms with van der Waals surface area (Å²) in [4.78, 5) is 11.6. The Morgan fingerprint density at radius 3 is 3.00 bits per heavy atom. The summed E-state index contributed by atoms with van der Waals surface area (Å²) in [6.45, 7) is 4.10. The van der Waals surface area contributed by atoms with Crippen LogP contribution in [0, 0.1) is 0 Å². The highest BCUT2D eigenvalue weighted by Crippen LogP contribution is 2.14. The van der Waals surface area contributed by atoms with Crippen molar-refractivity contribution in [2.45, 2.75) is 19.8 Å². The maximum atomic E-state index is 11.6. The maximum absolute atomic E-state index is 11.6. The lowest BCUT2D eigenvalue weighted by molar-refractivity contribution is -0.111. The SMILES string of the molecule is CC(C)c1cc(NC(=O)/C=C/c2ccco2)n[nH]1. The van der Waals surface area contributed by atoms with Gasteiger partial charge in [0.2, 0.25) is 5.91 Å². The van der Waals surface area contributed by atoms with Gasteiger partial charge in [0.05, 0.1) is 6.26 Å². The second kappa shape index (κ2) is 5.35. The number of carbonyl (C=O) groups excluding carboxylic acids is 1.